The second-order valence-corrected chi connectivity index (χ2v) is 3.63. The van der Waals surface area contributed by atoms with Crippen molar-refractivity contribution in [3.63, 3.8) is 0 Å². The fourth-order valence-electron chi connectivity index (χ4n) is 0.806. The normalized spacial score (nSPS) is 14.6. The molecule has 0 radical (unpaired) electrons. The average molecular weight is 220 g/mol. The molecule has 0 heterocycles. The smallest absolute Gasteiger partial charge is 0.0190 e. The second kappa shape index (κ2) is 6.86. The molecule has 0 bridgehead atoms. The van der Waals surface area contributed by atoms with Crippen molar-refractivity contribution in [2.45, 2.75) is 26.8 Å². The average Bonchev–Trinajstić information content (AvgIpc) is 1.97. The maximum atomic E-state index is 3.48. The van der Waals surface area contributed by atoms with Crippen molar-refractivity contribution in [2.75, 3.05) is 11.9 Å². The maximum Gasteiger partial charge on any atom is 0.0190 e. The van der Waals surface area contributed by atoms with Crippen molar-refractivity contribution < 1.29 is 0 Å². The Bertz CT molecular complexity index is 110. The van der Waals surface area contributed by atoms with Gasteiger partial charge in [0.15, 0.2) is 0 Å². The Balaban J connectivity index is 3.52. The molecule has 0 aliphatic rings. The van der Waals surface area contributed by atoms with E-state index in [2.05, 4.69) is 47.2 Å². The Morgan fingerprint density at radius 2 is 2.09 bits per heavy atom. The first-order valence-electron chi connectivity index (χ1n) is 4.12. The molecule has 0 aliphatic carbocycles. The monoisotopic (exact) mass is 219 g/mol. The molecular weight excluding hydrogens is 202 g/mol. The van der Waals surface area contributed by atoms with Crippen LogP contribution in [0.5, 0.6) is 0 Å². The molecule has 0 aromatic carbocycles. The van der Waals surface area contributed by atoms with Crippen LogP contribution in [-0.2, 0) is 0 Å². The molecule has 0 aromatic rings. The van der Waals surface area contributed by atoms with E-state index in [4.69, 9.17) is 0 Å². The summed E-state index contributed by atoms with van der Waals surface area (Å²) in [6, 6.07) is 0.589. The highest BCUT2D eigenvalue weighted by Crippen LogP contribution is 2.03. The quantitative estimate of drug-likeness (QED) is 0.554. The van der Waals surface area contributed by atoms with E-state index in [9.17, 15) is 0 Å². The molecule has 0 aromatic heterocycles. The van der Waals surface area contributed by atoms with Crippen LogP contribution < -0.4 is 5.32 Å². The van der Waals surface area contributed by atoms with Gasteiger partial charge < -0.3 is 5.32 Å². The van der Waals surface area contributed by atoms with Crippen molar-refractivity contribution in [1.29, 1.82) is 0 Å². The summed E-state index contributed by atoms with van der Waals surface area (Å²) in [7, 11) is 0. The summed E-state index contributed by atoms with van der Waals surface area (Å²) in [6.45, 7) is 7.48. The van der Waals surface area contributed by atoms with Crippen LogP contribution in [0.15, 0.2) is 12.2 Å². The van der Waals surface area contributed by atoms with Crippen molar-refractivity contribution in [1.82, 2.24) is 5.32 Å². The van der Waals surface area contributed by atoms with Crippen LogP contribution in [0.25, 0.3) is 0 Å². The van der Waals surface area contributed by atoms with Gasteiger partial charge in [0.25, 0.3) is 0 Å². The molecule has 1 unspecified atom stereocenters. The predicted octanol–water partition coefficient (Wildman–Crippen LogP) is 2.57. The van der Waals surface area contributed by atoms with Crippen molar-refractivity contribution >= 4 is 15.9 Å². The van der Waals surface area contributed by atoms with Crippen LogP contribution in [0.4, 0.5) is 0 Å². The van der Waals surface area contributed by atoms with Crippen LogP contribution >= 0.6 is 15.9 Å². The third-order valence-electron chi connectivity index (χ3n) is 1.70. The fraction of sp³-hybridized carbons (Fsp3) is 0.778. The van der Waals surface area contributed by atoms with Gasteiger partial charge in [0.05, 0.1) is 0 Å². The molecule has 66 valence electrons. The Kier molecular flexibility index (Phi) is 6.98. The Labute approximate surface area is 78.4 Å². The van der Waals surface area contributed by atoms with Crippen LogP contribution in [0.1, 0.15) is 20.8 Å². The number of hydrogen-bond donors (Lipinski definition) is 1. The van der Waals surface area contributed by atoms with Crippen LogP contribution in [-0.4, -0.2) is 17.9 Å². The van der Waals surface area contributed by atoms with E-state index in [1.165, 1.54) is 0 Å². The zero-order valence-electron chi connectivity index (χ0n) is 7.60. The highest BCUT2D eigenvalue weighted by Gasteiger charge is 2.08. The lowest BCUT2D eigenvalue weighted by Gasteiger charge is -2.18. The van der Waals surface area contributed by atoms with Crippen LogP contribution in [0.3, 0.4) is 0 Å². The summed E-state index contributed by atoms with van der Waals surface area (Å²) in [5, 5.41) is 4.47. The van der Waals surface area contributed by atoms with E-state index in [1.807, 2.05) is 6.92 Å². The number of hydrogen-bond acceptors (Lipinski definition) is 1. The summed E-state index contributed by atoms with van der Waals surface area (Å²) in [6.07, 6.45) is 4.21. The number of halogens is 1. The molecule has 1 N–H and O–H groups in total. The zero-order chi connectivity index (χ0) is 8.69. The van der Waals surface area contributed by atoms with E-state index in [1.54, 1.807) is 0 Å². The maximum absolute atomic E-state index is 3.48. The second-order valence-electron chi connectivity index (χ2n) is 2.98. The van der Waals surface area contributed by atoms with Gasteiger partial charge in [-0.2, -0.15) is 0 Å². The molecular formula is C9H18BrN. The third kappa shape index (κ3) is 5.45. The van der Waals surface area contributed by atoms with E-state index in [-0.39, 0.29) is 0 Å². The number of allylic oxidation sites excluding steroid dienone is 1. The minimum Gasteiger partial charge on any atom is -0.309 e. The molecule has 0 saturated carbocycles. The summed E-state index contributed by atoms with van der Waals surface area (Å²) < 4.78 is 0. The van der Waals surface area contributed by atoms with Crippen LogP contribution in [0.2, 0.25) is 0 Å². The highest BCUT2D eigenvalue weighted by molar-refractivity contribution is 9.09. The molecule has 0 amide bonds. The number of alkyl halides is 1. The largest absolute Gasteiger partial charge is 0.309 e. The molecule has 11 heavy (non-hydrogen) atoms. The molecule has 1 atom stereocenters. The van der Waals surface area contributed by atoms with E-state index >= 15 is 0 Å². The summed E-state index contributed by atoms with van der Waals surface area (Å²) in [4.78, 5) is 0. The van der Waals surface area contributed by atoms with E-state index in [0.717, 1.165) is 11.9 Å². The van der Waals surface area contributed by atoms with Gasteiger partial charge in [-0.25, -0.2) is 0 Å². The molecule has 1 nitrogen and oxygen atoms in total. The summed E-state index contributed by atoms with van der Waals surface area (Å²) >= 11 is 3.48. The van der Waals surface area contributed by atoms with Crippen LogP contribution in [0, 0.1) is 5.92 Å². The highest BCUT2D eigenvalue weighted by atomic mass is 79.9. The minimum atomic E-state index is 0.589. The first-order valence-corrected chi connectivity index (χ1v) is 5.25. The van der Waals surface area contributed by atoms with Gasteiger partial charge in [-0.05, 0) is 12.8 Å². The van der Waals surface area contributed by atoms with E-state index in [0.29, 0.717) is 12.0 Å². The van der Waals surface area contributed by atoms with E-state index < -0.39 is 0 Å². The molecule has 0 rings (SSSR count). The Morgan fingerprint density at radius 1 is 1.45 bits per heavy atom. The first kappa shape index (κ1) is 11.2. The number of nitrogens with one attached hydrogen (secondary N) is 1. The van der Waals surface area contributed by atoms with Crippen molar-refractivity contribution in [2.24, 2.45) is 5.92 Å². The molecule has 0 saturated heterocycles. The van der Waals surface area contributed by atoms with Gasteiger partial charge >= 0.3 is 0 Å². The van der Waals surface area contributed by atoms with Gasteiger partial charge in [-0.3, -0.25) is 0 Å². The fourth-order valence-corrected chi connectivity index (χ4v) is 1.78. The Morgan fingerprint density at radius 3 is 2.45 bits per heavy atom. The summed E-state index contributed by atoms with van der Waals surface area (Å²) in [5.74, 6) is 0.694. The van der Waals surface area contributed by atoms with Crippen molar-refractivity contribution in [3.05, 3.63) is 12.2 Å². The minimum absolute atomic E-state index is 0.589. The molecule has 0 aliphatic heterocycles. The zero-order valence-corrected chi connectivity index (χ0v) is 9.19. The van der Waals surface area contributed by atoms with Gasteiger partial charge in [-0.1, -0.05) is 41.9 Å². The standard InChI is InChI=1S/C9H18BrN/c1-4-5-6-11-9(7-10)8(2)3/h4-5,8-9,11H,6-7H2,1-3H3/b5-4+. The number of rotatable bonds is 5. The van der Waals surface area contributed by atoms with Crippen molar-refractivity contribution in [3.8, 4) is 0 Å². The first-order chi connectivity index (χ1) is 5.22. The molecule has 2 heteroatoms. The van der Waals surface area contributed by atoms with Gasteiger partial charge in [0, 0.05) is 17.9 Å². The lowest BCUT2D eigenvalue weighted by atomic mass is 10.1. The SMILES string of the molecule is C/C=C/CNC(CBr)C(C)C. The topological polar surface area (TPSA) is 12.0 Å². The van der Waals surface area contributed by atoms with Gasteiger partial charge in [0.1, 0.15) is 0 Å². The summed E-state index contributed by atoms with van der Waals surface area (Å²) in [5.41, 5.74) is 0. The lowest BCUT2D eigenvalue weighted by Crippen LogP contribution is -2.35. The van der Waals surface area contributed by atoms with Gasteiger partial charge in [0.2, 0.25) is 0 Å². The molecule has 0 fully saturated rings. The third-order valence-corrected chi connectivity index (χ3v) is 2.40. The Hall–Kier alpha value is 0.180. The van der Waals surface area contributed by atoms with Gasteiger partial charge in [-0.15, -0.1) is 0 Å². The molecule has 0 spiro atoms. The lowest BCUT2D eigenvalue weighted by molar-refractivity contribution is 0.453. The predicted molar refractivity (Wildman–Crippen MR) is 55.2 cm³/mol.